The van der Waals surface area contributed by atoms with Crippen molar-refractivity contribution in [3.05, 3.63) is 30.6 Å². The molecule has 0 saturated heterocycles. The summed E-state index contributed by atoms with van der Waals surface area (Å²) in [5, 5.41) is 4.99. The maximum Gasteiger partial charge on any atom is 0.154 e. The Labute approximate surface area is 119 Å². The normalized spacial score (nSPS) is 12.6. The van der Waals surface area contributed by atoms with Crippen molar-refractivity contribution in [1.29, 1.82) is 0 Å². The standard InChI is InChI=1S/C14H19N3O2S/c1-14(2,20(3,18)19)9-17-13-5-4-12(15)11-8-16-7-6-10(11)13/h4-8,17H,9,15H2,1-3H3. The first-order valence-electron chi connectivity index (χ1n) is 6.28. The van der Waals surface area contributed by atoms with E-state index < -0.39 is 14.6 Å². The van der Waals surface area contributed by atoms with E-state index in [9.17, 15) is 8.42 Å². The third-order valence-corrected chi connectivity index (χ3v) is 5.71. The van der Waals surface area contributed by atoms with Crippen LogP contribution in [0.3, 0.4) is 0 Å². The minimum atomic E-state index is -3.13. The Morgan fingerprint density at radius 1 is 1.25 bits per heavy atom. The van der Waals surface area contributed by atoms with Crippen LogP contribution in [0.15, 0.2) is 30.6 Å². The average Bonchev–Trinajstić information content (AvgIpc) is 2.37. The second-order valence-corrected chi connectivity index (χ2v) is 8.16. The minimum Gasteiger partial charge on any atom is -0.398 e. The van der Waals surface area contributed by atoms with Crippen LogP contribution in [0.1, 0.15) is 13.8 Å². The summed E-state index contributed by atoms with van der Waals surface area (Å²) in [5.41, 5.74) is 7.42. The van der Waals surface area contributed by atoms with Crippen LogP contribution in [0, 0.1) is 0 Å². The van der Waals surface area contributed by atoms with Crippen molar-refractivity contribution in [2.45, 2.75) is 18.6 Å². The van der Waals surface area contributed by atoms with Gasteiger partial charge in [0.05, 0.1) is 4.75 Å². The summed E-state index contributed by atoms with van der Waals surface area (Å²) in [5.74, 6) is 0. The van der Waals surface area contributed by atoms with Crippen LogP contribution in [0.25, 0.3) is 10.8 Å². The van der Waals surface area contributed by atoms with Crippen molar-refractivity contribution in [2.75, 3.05) is 23.9 Å². The van der Waals surface area contributed by atoms with Crippen LogP contribution < -0.4 is 11.1 Å². The second-order valence-electron chi connectivity index (χ2n) is 5.51. The van der Waals surface area contributed by atoms with Crippen molar-refractivity contribution in [3.8, 4) is 0 Å². The number of sulfone groups is 1. The van der Waals surface area contributed by atoms with Crippen molar-refractivity contribution in [2.24, 2.45) is 0 Å². The third kappa shape index (κ3) is 2.70. The highest BCUT2D eigenvalue weighted by molar-refractivity contribution is 7.92. The summed E-state index contributed by atoms with van der Waals surface area (Å²) in [6.07, 6.45) is 4.64. The number of hydrogen-bond donors (Lipinski definition) is 2. The van der Waals surface area contributed by atoms with Gasteiger partial charge in [0.2, 0.25) is 0 Å². The molecule has 0 radical (unpaired) electrons. The van der Waals surface area contributed by atoms with Gasteiger partial charge in [-0.2, -0.15) is 0 Å². The molecule has 3 N–H and O–H groups in total. The molecular weight excluding hydrogens is 274 g/mol. The minimum absolute atomic E-state index is 0.327. The van der Waals surface area contributed by atoms with Gasteiger partial charge in [-0.15, -0.1) is 0 Å². The summed E-state index contributed by atoms with van der Waals surface area (Å²) < 4.78 is 22.6. The number of anilines is 2. The molecule has 2 aromatic rings. The quantitative estimate of drug-likeness (QED) is 0.843. The lowest BCUT2D eigenvalue weighted by molar-refractivity contribution is 0.560. The molecule has 0 aliphatic carbocycles. The number of hydrogen-bond acceptors (Lipinski definition) is 5. The molecule has 1 heterocycles. The van der Waals surface area contributed by atoms with Crippen LogP contribution in [-0.2, 0) is 9.84 Å². The Bertz CT molecular complexity index is 739. The molecule has 0 aliphatic heterocycles. The van der Waals surface area contributed by atoms with E-state index >= 15 is 0 Å². The smallest absolute Gasteiger partial charge is 0.154 e. The third-order valence-electron chi connectivity index (χ3n) is 3.56. The molecule has 0 spiro atoms. The Morgan fingerprint density at radius 2 is 1.95 bits per heavy atom. The Morgan fingerprint density at radius 3 is 2.60 bits per heavy atom. The van der Waals surface area contributed by atoms with Crippen molar-refractivity contribution < 1.29 is 8.42 Å². The average molecular weight is 293 g/mol. The molecule has 6 heteroatoms. The maximum absolute atomic E-state index is 11.7. The number of nitrogens with one attached hydrogen (secondary N) is 1. The molecule has 0 aliphatic rings. The van der Waals surface area contributed by atoms with Crippen molar-refractivity contribution >= 4 is 32.0 Å². The number of nitrogen functional groups attached to an aromatic ring is 1. The zero-order chi connectivity index (χ0) is 15.0. The van der Waals surface area contributed by atoms with Gasteiger partial charge in [-0.25, -0.2) is 8.42 Å². The Hall–Kier alpha value is -1.82. The molecule has 0 atom stereocenters. The van der Waals surface area contributed by atoms with E-state index in [-0.39, 0.29) is 0 Å². The van der Waals surface area contributed by atoms with Gasteiger partial charge in [-0.3, -0.25) is 4.98 Å². The van der Waals surface area contributed by atoms with Crippen LogP contribution in [-0.4, -0.2) is 30.9 Å². The Balaban J connectivity index is 2.34. The monoisotopic (exact) mass is 293 g/mol. The number of pyridine rings is 1. The first-order chi connectivity index (χ1) is 9.22. The summed E-state index contributed by atoms with van der Waals surface area (Å²) in [7, 11) is -3.13. The lowest BCUT2D eigenvalue weighted by Gasteiger charge is -2.24. The molecule has 1 aromatic carbocycles. The summed E-state index contributed by atoms with van der Waals surface area (Å²) in [6, 6.07) is 5.51. The molecule has 1 aromatic heterocycles. The van der Waals surface area contributed by atoms with E-state index in [2.05, 4.69) is 10.3 Å². The van der Waals surface area contributed by atoms with Crippen LogP contribution in [0.5, 0.6) is 0 Å². The van der Waals surface area contributed by atoms with Gasteiger partial charge in [-0.05, 0) is 32.0 Å². The van der Waals surface area contributed by atoms with Crippen LogP contribution in [0.4, 0.5) is 11.4 Å². The van der Waals surface area contributed by atoms with Gasteiger partial charge >= 0.3 is 0 Å². The Kier molecular flexibility index (Phi) is 3.60. The highest BCUT2D eigenvalue weighted by atomic mass is 32.2. The molecule has 0 unspecified atom stereocenters. The number of aromatic nitrogens is 1. The van der Waals surface area contributed by atoms with Crippen molar-refractivity contribution in [1.82, 2.24) is 4.98 Å². The fourth-order valence-corrected chi connectivity index (χ4v) is 2.14. The van der Waals surface area contributed by atoms with E-state index in [0.717, 1.165) is 16.5 Å². The second kappa shape index (κ2) is 4.94. The topological polar surface area (TPSA) is 85.1 Å². The highest BCUT2D eigenvalue weighted by Crippen LogP contribution is 2.28. The van der Waals surface area contributed by atoms with E-state index in [0.29, 0.717) is 12.2 Å². The zero-order valence-electron chi connectivity index (χ0n) is 11.8. The SMILES string of the molecule is CC(C)(CNc1ccc(N)c2cnccc12)S(C)(=O)=O. The van der Waals surface area contributed by atoms with E-state index in [1.165, 1.54) is 6.26 Å². The van der Waals surface area contributed by atoms with Gasteiger partial charge in [-0.1, -0.05) is 0 Å². The predicted molar refractivity (Wildman–Crippen MR) is 83.6 cm³/mol. The molecule has 2 rings (SSSR count). The van der Waals surface area contributed by atoms with E-state index in [1.807, 2.05) is 12.1 Å². The van der Waals surface area contributed by atoms with Gasteiger partial charge < -0.3 is 11.1 Å². The molecule has 0 saturated carbocycles. The number of benzene rings is 1. The fraction of sp³-hybridized carbons (Fsp3) is 0.357. The maximum atomic E-state index is 11.7. The first-order valence-corrected chi connectivity index (χ1v) is 8.17. The summed E-state index contributed by atoms with van der Waals surface area (Å²) >= 11 is 0. The van der Waals surface area contributed by atoms with Gasteiger partial charge in [0.1, 0.15) is 0 Å². The molecular formula is C14H19N3O2S. The molecule has 5 nitrogen and oxygen atoms in total. The predicted octanol–water partition coefficient (Wildman–Crippen LogP) is 2.05. The molecule has 0 fully saturated rings. The lowest BCUT2D eigenvalue weighted by atomic mass is 10.1. The van der Waals surface area contributed by atoms with Gasteiger partial charge in [0.15, 0.2) is 9.84 Å². The van der Waals surface area contributed by atoms with Crippen molar-refractivity contribution in [3.63, 3.8) is 0 Å². The summed E-state index contributed by atoms with van der Waals surface area (Å²) in [4.78, 5) is 4.06. The van der Waals surface area contributed by atoms with Crippen LogP contribution in [0.2, 0.25) is 0 Å². The number of nitrogens with two attached hydrogens (primary N) is 1. The number of rotatable bonds is 4. The van der Waals surface area contributed by atoms with E-state index in [1.54, 1.807) is 32.3 Å². The lowest BCUT2D eigenvalue weighted by Crippen LogP contribution is -2.38. The molecule has 0 amide bonds. The molecule has 108 valence electrons. The zero-order valence-corrected chi connectivity index (χ0v) is 12.7. The highest BCUT2D eigenvalue weighted by Gasteiger charge is 2.29. The largest absolute Gasteiger partial charge is 0.398 e. The first kappa shape index (κ1) is 14.6. The molecule has 20 heavy (non-hydrogen) atoms. The number of nitrogens with zero attached hydrogens (tertiary/aromatic N) is 1. The van der Waals surface area contributed by atoms with E-state index in [4.69, 9.17) is 5.73 Å². The molecule has 0 bridgehead atoms. The summed E-state index contributed by atoms with van der Waals surface area (Å²) in [6.45, 7) is 3.74. The van der Waals surface area contributed by atoms with Gasteiger partial charge in [0, 0.05) is 47.3 Å². The fourth-order valence-electron chi connectivity index (χ4n) is 1.81. The van der Waals surface area contributed by atoms with Gasteiger partial charge in [0.25, 0.3) is 0 Å². The van der Waals surface area contributed by atoms with Crippen LogP contribution >= 0.6 is 0 Å². The number of fused-ring (bicyclic) bond motifs is 1.